The van der Waals surface area contributed by atoms with Crippen molar-refractivity contribution in [1.29, 1.82) is 0 Å². The number of anilines is 2. The lowest BCUT2D eigenvalue weighted by Crippen LogP contribution is -2.47. The zero-order chi connectivity index (χ0) is 17.1. The highest BCUT2D eigenvalue weighted by molar-refractivity contribution is 7.14. The van der Waals surface area contributed by atoms with E-state index in [0.717, 1.165) is 36.2 Å². The van der Waals surface area contributed by atoms with E-state index in [9.17, 15) is 4.79 Å². The Kier molecular flexibility index (Phi) is 5.28. The molecule has 6 heteroatoms. The Morgan fingerprint density at radius 2 is 2.12 bits per heavy atom. The number of carbonyl (C=O) groups is 1. The van der Waals surface area contributed by atoms with Crippen LogP contribution in [0.1, 0.15) is 26.5 Å². The summed E-state index contributed by atoms with van der Waals surface area (Å²) in [6.07, 6.45) is 0.231. The van der Waals surface area contributed by atoms with Gasteiger partial charge in [-0.2, -0.15) is 0 Å². The summed E-state index contributed by atoms with van der Waals surface area (Å²) in [4.78, 5) is 20.9. The number of morpholine rings is 1. The summed E-state index contributed by atoms with van der Waals surface area (Å²) in [5.74, 6) is -0.0320. The van der Waals surface area contributed by atoms with Gasteiger partial charge in [0, 0.05) is 31.4 Å². The van der Waals surface area contributed by atoms with Crippen molar-refractivity contribution in [3.8, 4) is 0 Å². The summed E-state index contributed by atoms with van der Waals surface area (Å²) >= 11 is 1.51. The van der Waals surface area contributed by atoms with E-state index >= 15 is 0 Å². The minimum absolute atomic E-state index is 0.0320. The third-order valence-corrected chi connectivity index (χ3v) is 5.31. The Labute approximate surface area is 146 Å². The number of thiazole rings is 1. The number of hydrogen-bond acceptors (Lipinski definition) is 5. The summed E-state index contributed by atoms with van der Waals surface area (Å²) in [7, 11) is 0. The lowest BCUT2D eigenvalue weighted by Gasteiger charge is -2.37. The topological polar surface area (TPSA) is 45.7 Å². The van der Waals surface area contributed by atoms with Gasteiger partial charge in [0.05, 0.1) is 24.1 Å². The quantitative estimate of drug-likeness (QED) is 0.852. The van der Waals surface area contributed by atoms with Crippen LogP contribution in [0.15, 0.2) is 35.7 Å². The number of para-hydroxylation sites is 1. The minimum Gasteiger partial charge on any atom is -0.376 e. The summed E-state index contributed by atoms with van der Waals surface area (Å²) in [6.45, 7) is 8.31. The first-order valence-electron chi connectivity index (χ1n) is 8.22. The number of nitrogens with zero attached hydrogens (tertiary/aromatic N) is 3. The van der Waals surface area contributed by atoms with E-state index in [1.807, 2.05) is 35.7 Å². The number of carbonyl (C=O) groups excluding carboxylic acids is 1. The lowest BCUT2D eigenvalue weighted by atomic mass is 10.1. The van der Waals surface area contributed by atoms with E-state index in [1.165, 1.54) is 11.3 Å². The van der Waals surface area contributed by atoms with Crippen LogP contribution < -0.4 is 4.90 Å². The normalized spacial score (nSPS) is 21.6. The van der Waals surface area contributed by atoms with Crippen LogP contribution in [0.25, 0.3) is 0 Å². The molecule has 2 atom stereocenters. The van der Waals surface area contributed by atoms with Crippen LogP contribution in [-0.4, -0.2) is 41.1 Å². The maximum absolute atomic E-state index is 12.1. The number of aromatic nitrogens is 1. The first kappa shape index (κ1) is 17.1. The molecule has 128 valence electrons. The minimum atomic E-state index is -0.0320. The van der Waals surface area contributed by atoms with Crippen molar-refractivity contribution in [3.05, 3.63) is 41.4 Å². The molecule has 5 nitrogen and oxygen atoms in total. The second-order valence-corrected chi connectivity index (χ2v) is 6.93. The molecule has 1 aromatic heterocycles. The van der Waals surface area contributed by atoms with Gasteiger partial charge in [-0.25, -0.2) is 4.98 Å². The highest BCUT2D eigenvalue weighted by Crippen LogP contribution is 2.29. The molecule has 24 heavy (non-hydrogen) atoms. The van der Waals surface area contributed by atoms with E-state index in [-0.39, 0.29) is 12.0 Å². The summed E-state index contributed by atoms with van der Waals surface area (Å²) < 4.78 is 5.68. The fourth-order valence-electron chi connectivity index (χ4n) is 2.90. The number of ether oxygens (including phenoxy) is 1. The monoisotopic (exact) mass is 345 g/mol. The molecular formula is C18H23N3O2S. The SMILES string of the molecule is CC(=O)N(c1ccccc1)c1nc(CN2CCOC(C)C2C)cs1. The van der Waals surface area contributed by atoms with Crippen LogP contribution in [0, 0.1) is 0 Å². The van der Waals surface area contributed by atoms with Crippen molar-refractivity contribution in [3.63, 3.8) is 0 Å². The van der Waals surface area contributed by atoms with Gasteiger partial charge in [-0.15, -0.1) is 11.3 Å². The van der Waals surface area contributed by atoms with Gasteiger partial charge in [0.25, 0.3) is 0 Å². The average molecular weight is 345 g/mol. The second-order valence-electron chi connectivity index (χ2n) is 6.10. The molecule has 2 unspecified atom stereocenters. The fourth-order valence-corrected chi connectivity index (χ4v) is 3.78. The Morgan fingerprint density at radius 3 is 2.83 bits per heavy atom. The molecule has 1 saturated heterocycles. The van der Waals surface area contributed by atoms with Crippen molar-refractivity contribution in [1.82, 2.24) is 9.88 Å². The number of amides is 1. The van der Waals surface area contributed by atoms with Gasteiger partial charge in [0.1, 0.15) is 0 Å². The van der Waals surface area contributed by atoms with Crippen molar-refractivity contribution in [2.45, 2.75) is 39.5 Å². The van der Waals surface area contributed by atoms with E-state index in [4.69, 9.17) is 9.72 Å². The van der Waals surface area contributed by atoms with E-state index in [2.05, 4.69) is 18.7 Å². The predicted molar refractivity (Wildman–Crippen MR) is 96.7 cm³/mol. The summed E-state index contributed by atoms with van der Waals surface area (Å²) in [5, 5.41) is 2.76. The second kappa shape index (κ2) is 7.42. The largest absolute Gasteiger partial charge is 0.376 e. The number of rotatable bonds is 4. The molecule has 1 aliphatic heterocycles. The zero-order valence-corrected chi connectivity index (χ0v) is 15.1. The van der Waals surface area contributed by atoms with Crippen molar-refractivity contribution < 1.29 is 9.53 Å². The highest BCUT2D eigenvalue weighted by atomic mass is 32.1. The summed E-state index contributed by atoms with van der Waals surface area (Å²) in [6, 6.07) is 10.0. The standard InChI is InChI=1S/C18H23N3O2S/c1-13-14(2)23-10-9-20(13)11-16-12-24-18(19-16)21(15(3)22)17-7-5-4-6-8-17/h4-8,12-14H,9-11H2,1-3H3. The van der Waals surface area contributed by atoms with E-state index < -0.39 is 0 Å². The molecule has 1 aliphatic rings. The molecule has 0 saturated carbocycles. The van der Waals surface area contributed by atoms with Gasteiger partial charge in [0.2, 0.25) is 5.91 Å². The molecule has 1 aromatic carbocycles. The lowest BCUT2D eigenvalue weighted by molar-refractivity contribution is -0.115. The van der Waals surface area contributed by atoms with Crippen molar-refractivity contribution >= 4 is 28.1 Å². The van der Waals surface area contributed by atoms with Gasteiger partial charge < -0.3 is 4.74 Å². The Morgan fingerprint density at radius 1 is 1.38 bits per heavy atom. The van der Waals surface area contributed by atoms with Crippen molar-refractivity contribution in [2.24, 2.45) is 0 Å². The van der Waals surface area contributed by atoms with Crippen LogP contribution in [0.3, 0.4) is 0 Å². The Hall–Kier alpha value is -1.76. The maximum atomic E-state index is 12.1. The molecule has 1 fully saturated rings. The van der Waals surface area contributed by atoms with Crippen LogP contribution in [0.2, 0.25) is 0 Å². The molecular weight excluding hydrogens is 322 g/mol. The molecule has 0 N–H and O–H groups in total. The van der Waals surface area contributed by atoms with Gasteiger partial charge in [-0.05, 0) is 26.0 Å². The van der Waals surface area contributed by atoms with Crippen LogP contribution >= 0.6 is 11.3 Å². The van der Waals surface area contributed by atoms with Crippen molar-refractivity contribution in [2.75, 3.05) is 18.1 Å². The highest BCUT2D eigenvalue weighted by Gasteiger charge is 2.26. The molecule has 2 aromatic rings. The number of hydrogen-bond donors (Lipinski definition) is 0. The fraction of sp³-hybridized carbons (Fsp3) is 0.444. The third-order valence-electron chi connectivity index (χ3n) is 4.44. The molecule has 2 heterocycles. The molecule has 1 amide bonds. The molecule has 0 bridgehead atoms. The first-order valence-corrected chi connectivity index (χ1v) is 9.10. The van der Waals surface area contributed by atoms with Gasteiger partial charge in [0.15, 0.2) is 5.13 Å². The zero-order valence-electron chi connectivity index (χ0n) is 14.3. The van der Waals surface area contributed by atoms with Crippen LogP contribution in [0.5, 0.6) is 0 Å². The molecule has 3 rings (SSSR count). The number of benzene rings is 1. The van der Waals surface area contributed by atoms with Gasteiger partial charge in [-0.3, -0.25) is 14.6 Å². The Balaban J connectivity index is 1.78. The maximum Gasteiger partial charge on any atom is 0.230 e. The van der Waals surface area contributed by atoms with E-state index in [1.54, 1.807) is 11.8 Å². The molecule has 0 spiro atoms. The first-order chi connectivity index (χ1) is 11.6. The van der Waals surface area contributed by atoms with Crippen LogP contribution in [-0.2, 0) is 16.1 Å². The molecule has 0 radical (unpaired) electrons. The Bertz CT molecular complexity index is 689. The predicted octanol–water partition coefficient (Wildman–Crippen LogP) is 3.44. The van der Waals surface area contributed by atoms with Gasteiger partial charge in [-0.1, -0.05) is 18.2 Å². The average Bonchev–Trinajstić information content (AvgIpc) is 3.01. The molecule has 0 aliphatic carbocycles. The van der Waals surface area contributed by atoms with E-state index in [0.29, 0.717) is 6.04 Å². The third kappa shape index (κ3) is 3.66. The summed E-state index contributed by atoms with van der Waals surface area (Å²) in [5.41, 5.74) is 1.84. The smallest absolute Gasteiger partial charge is 0.230 e. The van der Waals surface area contributed by atoms with Gasteiger partial charge >= 0.3 is 0 Å². The van der Waals surface area contributed by atoms with Crippen LogP contribution in [0.4, 0.5) is 10.8 Å².